The number of nitrogens with one attached hydrogen (secondary N) is 1. The maximum absolute atomic E-state index is 11.5. The third-order valence-corrected chi connectivity index (χ3v) is 3.03. The number of benzene rings is 1. The monoisotopic (exact) mass is 244 g/mol. The summed E-state index contributed by atoms with van der Waals surface area (Å²) in [6.07, 6.45) is 1.73. The van der Waals surface area contributed by atoms with Crippen LogP contribution >= 0.6 is 0 Å². The quantitative estimate of drug-likeness (QED) is 0.785. The number of nitrogens with two attached hydrogens (primary N) is 1. The van der Waals surface area contributed by atoms with Gasteiger partial charge in [-0.1, -0.05) is 0 Å². The van der Waals surface area contributed by atoms with Crippen molar-refractivity contribution >= 4 is 11.6 Å². The molecule has 0 atom stereocenters. The summed E-state index contributed by atoms with van der Waals surface area (Å²) in [4.78, 5) is 15.7. The van der Waals surface area contributed by atoms with Crippen LogP contribution in [0.4, 0.5) is 5.69 Å². The van der Waals surface area contributed by atoms with Crippen LogP contribution in [0, 0.1) is 13.8 Å². The number of carbonyl (C=O) groups is 1. The molecule has 5 nitrogen and oxygen atoms in total. The van der Waals surface area contributed by atoms with Gasteiger partial charge in [-0.3, -0.25) is 4.79 Å². The van der Waals surface area contributed by atoms with E-state index < -0.39 is 0 Å². The van der Waals surface area contributed by atoms with E-state index in [1.54, 1.807) is 25.5 Å². The molecule has 0 aliphatic heterocycles. The van der Waals surface area contributed by atoms with E-state index in [1.165, 1.54) is 0 Å². The lowest BCUT2D eigenvalue weighted by Gasteiger charge is -2.10. The maximum Gasteiger partial charge on any atom is 0.251 e. The summed E-state index contributed by atoms with van der Waals surface area (Å²) in [7, 11) is 1.59. The fraction of sp³-hybridized carbons (Fsp3) is 0.231. The van der Waals surface area contributed by atoms with Gasteiger partial charge in [-0.2, -0.15) is 0 Å². The van der Waals surface area contributed by atoms with Crippen LogP contribution in [0.25, 0.3) is 5.69 Å². The molecule has 2 aromatic rings. The van der Waals surface area contributed by atoms with E-state index in [0.717, 1.165) is 17.1 Å². The number of nitrogens with zero attached hydrogens (tertiary/aromatic N) is 2. The average Bonchev–Trinajstić information content (AvgIpc) is 2.69. The molecule has 0 saturated heterocycles. The van der Waals surface area contributed by atoms with E-state index in [9.17, 15) is 4.79 Å². The zero-order chi connectivity index (χ0) is 13.3. The Morgan fingerprint density at radius 1 is 1.39 bits per heavy atom. The molecule has 0 aliphatic carbocycles. The van der Waals surface area contributed by atoms with Crippen molar-refractivity contribution in [1.82, 2.24) is 14.9 Å². The molecule has 1 aromatic carbocycles. The van der Waals surface area contributed by atoms with Gasteiger partial charge in [0.1, 0.15) is 0 Å². The highest BCUT2D eigenvalue weighted by Crippen LogP contribution is 2.21. The second-order valence-corrected chi connectivity index (χ2v) is 4.14. The Labute approximate surface area is 106 Å². The number of carbonyl (C=O) groups excluding carboxylic acids is 1. The minimum atomic E-state index is -0.146. The summed E-state index contributed by atoms with van der Waals surface area (Å²) in [5.41, 5.74) is 9.93. The van der Waals surface area contributed by atoms with Gasteiger partial charge in [0.25, 0.3) is 5.91 Å². The first-order chi connectivity index (χ1) is 8.54. The molecular weight excluding hydrogens is 228 g/mol. The van der Waals surface area contributed by atoms with Gasteiger partial charge in [0, 0.05) is 18.3 Å². The number of amides is 1. The van der Waals surface area contributed by atoms with Gasteiger partial charge in [-0.15, -0.1) is 0 Å². The van der Waals surface area contributed by atoms with Crippen molar-refractivity contribution in [2.45, 2.75) is 13.8 Å². The van der Waals surface area contributed by atoms with Crippen molar-refractivity contribution in [3.05, 3.63) is 41.5 Å². The van der Waals surface area contributed by atoms with Crippen molar-refractivity contribution in [1.29, 1.82) is 0 Å². The molecule has 1 heterocycles. The molecule has 0 saturated carbocycles. The van der Waals surface area contributed by atoms with E-state index in [2.05, 4.69) is 10.3 Å². The molecular formula is C13H16N4O. The summed E-state index contributed by atoms with van der Waals surface area (Å²) < 4.78 is 1.91. The predicted octanol–water partition coefficient (Wildman–Crippen LogP) is 1.43. The normalized spacial score (nSPS) is 10.4. The smallest absolute Gasteiger partial charge is 0.251 e. The van der Waals surface area contributed by atoms with Gasteiger partial charge < -0.3 is 15.6 Å². The summed E-state index contributed by atoms with van der Waals surface area (Å²) in [6.45, 7) is 3.93. The number of anilines is 1. The lowest BCUT2D eigenvalue weighted by molar-refractivity contribution is 0.0963. The molecule has 0 radical (unpaired) electrons. The third kappa shape index (κ3) is 1.95. The van der Waals surface area contributed by atoms with Crippen molar-refractivity contribution < 1.29 is 4.79 Å². The lowest BCUT2D eigenvalue weighted by Crippen LogP contribution is -2.18. The highest BCUT2D eigenvalue weighted by atomic mass is 16.1. The molecule has 3 N–H and O–H groups in total. The molecule has 5 heteroatoms. The highest BCUT2D eigenvalue weighted by Gasteiger charge is 2.10. The second kappa shape index (κ2) is 4.52. The largest absolute Gasteiger partial charge is 0.397 e. The van der Waals surface area contributed by atoms with Gasteiger partial charge in [0.15, 0.2) is 0 Å². The van der Waals surface area contributed by atoms with E-state index in [0.29, 0.717) is 11.3 Å². The molecule has 0 unspecified atom stereocenters. The van der Waals surface area contributed by atoms with Gasteiger partial charge in [-0.05, 0) is 32.0 Å². The Morgan fingerprint density at radius 2 is 2.11 bits per heavy atom. The van der Waals surface area contributed by atoms with E-state index in [1.807, 2.05) is 24.5 Å². The lowest BCUT2D eigenvalue weighted by atomic mass is 10.1. The fourth-order valence-corrected chi connectivity index (χ4v) is 1.80. The number of imidazole rings is 1. The summed E-state index contributed by atoms with van der Waals surface area (Å²) >= 11 is 0. The van der Waals surface area contributed by atoms with Crippen LogP contribution in [-0.2, 0) is 0 Å². The van der Waals surface area contributed by atoms with Crippen LogP contribution in [0.5, 0.6) is 0 Å². The molecule has 0 spiro atoms. The summed E-state index contributed by atoms with van der Waals surface area (Å²) in [6, 6.07) is 5.25. The molecule has 18 heavy (non-hydrogen) atoms. The Morgan fingerprint density at radius 3 is 2.61 bits per heavy atom. The van der Waals surface area contributed by atoms with Crippen molar-refractivity contribution in [2.75, 3.05) is 12.8 Å². The van der Waals surface area contributed by atoms with Gasteiger partial charge >= 0.3 is 0 Å². The van der Waals surface area contributed by atoms with Crippen LogP contribution in [0.15, 0.2) is 24.5 Å². The number of rotatable bonds is 2. The van der Waals surface area contributed by atoms with Crippen LogP contribution in [0.2, 0.25) is 0 Å². The zero-order valence-corrected chi connectivity index (χ0v) is 10.7. The molecule has 0 fully saturated rings. The number of nitrogen functional groups attached to an aromatic ring is 1. The summed E-state index contributed by atoms with van der Waals surface area (Å²) in [5, 5.41) is 2.57. The molecule has 0 bridgehead atoms. The van der Waals surface area contributed by atoms with Crippen LogP contribution in [0.3, 0.4) is 0 Å². The number of aryl methyl sites for hydroxylation is 1. The molecule has 0 aliphatic rings. The van der Waals surface area contributed by atoms with Crippen LogP contribution in [-0.4, -0.2) is 22.5 Å². The molecule has 94 valence electrons. The summed E-state index contributed by atoms with van der Waals surface area (Å²) in [5.74, 6) is -0.146. The number of hydrogen-bond donors (Lipinski definition) is 2. The third-order valence-electron chi connectivity index (χ3n) is 3.03. The van der Waals surface area contributed by atoms with Crippen LogP contribution < -0.4 is 11.1 Å². The number of aromatic nitrogens is 2. The van der Waals surface area contributed by atoms with Crippen LogP contribution in [0.1, 0.15) is 21.7 Å². The first-order valence-corrected chi connectivity index (χ1v) is 5.67. The Kier molecular flexibility index (Phi) is 3.06. The molecule has 1 amide bonds. The van der Waals surface area contributed by atoms with Crippen molar-refractivity contribution in [3.8, 4) is 5.69 Å². The van der Waals surface area contributed by atoms with E-state index in [4.69, 9.17) is 5.73 Å². The minimum Gasteiger partial charge on any atom is -0.397 e. The molecule has 1 aromatic heterocycles. The minimum absolute atomic E-state index is 0.146. The van der Waals surface area contributed by atoms with E-state index >= 15 is 0 Å². The Balaban J connectivity index is 2.48. The van der Waals surface area contributed by atoms with Crippen molar-refractivity contribution in [3.63, 3.8) is 0 Å². The maximum atomic E-state index is 11.5. The highest BCUT2D eigenvalue weighted by molar-refractivity contribution is 5.95. The first-order valence-electron chi connectivity index (χ1n) is 5.67. The topological polar surface area (TPSA) is 72.9 Å². The Hall–Kier alpha value is -2.30. The second-order valence-electron chi connectivity index (χ2n) is 4.14. The predicted molar refractivity (Wildman–Crippen MR) is 70.8 cm³/mol. The zero-order valence-electron chi connectivity index (χ0n) is 10.7. The first kappa shape index (κ1) is 12.2. The van der Waals surface area contributed by atoms with E-state index in [-0.39, 0.29) is 5.91 Å². The number of hydrogen-bond acceptors (Lipinski definition) is 3. The van der Waals surface area contributed by atoms with Crippen molar-refractivity contribution in [2.24, 2.45) is 0 Å². The Bertz CT molecular complexity index is 601. The fourth-order valence-electron chi connectivity index (χ4n) is 1.80. The standard InChI is InChI=1S/C13H16N4O/c1-8-9(2)17(7-16-8)12-5-4-10(6-11(12)14)13(18)15-3/h4-7H,14H2,1-3H3,(H,15,18). The SMILES string of the molecule is CNC(=O)c1ccc(-n2cnc(C)c2C)c(N)c1. The molecule has 2 rings (SSSR count). The van der Waals surface area contributed by atoms with Gasteiger partial charge in [0.05, 0.1) is 23.4 Å². The van der Waals surface area contributed by atoms with Gasteiger partial charge in [0.2, 0.25) is 0 Å². The van der Waals surface area contributed by atoms with Gasteiger partial charge in [-0.25, -0.2) is 4.98 Å². The average molecular weight is 244 g/mol.